The molecule has 0 aromatic heterocycles. The summed E-state index contributed by atoms with van der Waals surface area (Å²) in [7, 11) is 1.68. The minimum absolute atomic E-state index is 0.113. The quantitative estimate of drug-likeness (QED) is 0.615. The van der Waals surface area contributed by atoms with E-state index in [-0.39, 0.29) is 11.9 Å². The highest BCUT2D eigenvalue weighted by atomic mass is 16.5. The van der Waals surface area contributed by atoms with Crippen molar-refractivity contribution in [1.29, 1.82) is 0 Å². The lowest BCUT2D eigenvalue weighted by molar-refractivity contribution is -0.127. The molecule has 1 aliphatic heterocycles. The zero-order valence-corrected chi connectivity index (χ0v) is 8.32. The molecule has 0 aromatic carbocycles. The van der Waals surface area contributed by atoms with E-state index in [1.807, 2.05) is 11.8 Å². The molecule has 0 aromatic rings. The Hall–Kier alpha value is -0.830. The van der Waals surface area contributed by atoms with Gasteiger partial charge in [0.1, 0.15) is 0 Å². The monoisotopic (exact) mass is 183 g/mol. The van der Waals surface area contributed by atoms with Gasteiger partial charge in [0, 0.05) is 13.7 Å². The largest absolute Gasteiger partial charge is 0.383 e. The first-order valence-electron chi connectivity index (χ1n) is 4.71. The van der Waals surface area contributed by atoms with Gasteiger partial charge in [0.05, 0.1) is 12.6 Å². The van der Waals surface area contributed by atoms with Crippen LogP contribution in [0.25, 0.3) is 0 Å². The highest BCUT2D eigenvalue weighted by Gasteiger charge is 2.26. The summed E-state index contributed by atoms with van der Waals surface area (Å²) in [6.45, 7) is 3.39. The van der Waals surface area contributed by atoms with Crippen molar-refractivity contribution in [2.24, 2.45) is 0 Å². The topological polar surface area (TPSA) is 29.5 Å². The van der Waals surface area contributed by atoms with Gasteiger partial charge in [-0.05, 0) is 25.8 Å². The smallest absolute Gasteiger partial charge is 0.246 e. The van der Waals surface area contributed by atoms with Gasteiger partial charge in [-0.1, -0.05) is 6.08 Å². The van der Waals surface area contributed by atoms with E-state index in [4.69, 9.17) is 4.74 Å². The van der Waals surface area contributed by atoms with E-state index >= 15 is 0 Å². The summed E-state index contributed by atoms with van der Waals surface area (Å²) in [6, 6.07) is 0.286. The van der Waals surface area contributed by atoms with Gasteiger partial charge >= 0.3 is 0 Å². The molecule has 0 saturated carbocycles. The van der Waals surface area contributed by atoms with Crippen LogP contribution in [0.4, 0.5) is 0 Å². The lowest BCUT2D eigenvalue weighted by Crippen LogP contribution is -2.36. The third-order valence-electron chi connectivity index (χ3n) is 2.33. The van der Waals surface area contributed by atoms with Crippen LogP contribution in [0, 0.1) is 0 Å². The molecule has 1 heterocycles. The molecule has 3 heteroatoms. The molecule has 1 rings (SSSR count). The summed E-state index contributed by atoms with van der Waals surface area (Å²) in [5.41, 5.74) is 0. The van der Waals surface area contributed by atoms with Gasteiger partial charge in [0.15, 0.2) is 0 Å². The van der Waals surface area contributed by atoms with E-state index in [0.29, 0.717) is 6.61 Å². The van der Waals surface area contributed by atoms with Crippen LogP contribution in [0.3, 0.4) is 0 Å². The number of carbonyl (C=O) groups excluding carboxylic acids is 1. The van der Waals surface area contributed by atoms with E-state index in [2.05, 4.69) is 0 Å². The van der Waals surface area contributed by atoms with Crippen LogP contribution in [0.1, 0.15) is 19.8 Å². The van der Waals surface area contributed by atoms with Crippen molar-refractivity contribution in [3.63, 3.8) is 0 Å². The van der Waals surface area contributed by atoms with Gasteiger partial charge < -0.3 is 9.64 Å². The predicted molar refractivity (Wildman–Crippen MR) is 51.4 cm³/mol. The van der Waals surface area contributed by atoms with Gasteiger partial charge in [0.2, 0.25) is 5.91 Å². The van der Waals surface area contributed by atoms with Crippen molar-refractivity contribution in [2.45, 2.75) is 25.8 Å². The highest BCUT2D eigenvalue weighted by Crippen LogP contribution is 2.17. The maximum absolute atomic E-state index is 11.5. The minimum Gasteiger partial charge on any atom is -0.383 e. The average molecular weight is 183 g/mol. The van der Waals surface area contributed by atoms with Gasteiger partial charge in [-0.3, -0.25) is 4.79 Å². The third-order valence-corrected chi connectivity index (χ3v) is 2.33. The average Bonchev–Trinajstić information content (AvgIpc) is 2.54. The molecule has 0 radical (unpaired) electrons. The van der Waals surface area contributed by atoms with Crippen LogP contribution < -0.4 is 0 Å². The van der Waals surface area contributed by atoms with Gasteiger partial charge in [0.25, 0.3) is 0 Å². The summed E-state index contributed by atoms with van der Waals surface area (Å²) >= 11 is 0. The number of methoxy groups -OCH3 is 1. The fourth-order valence-corrected chi connectivity index (χ4v) is 1.73. The van der Waals surface area contributed by atoms with Crippen molar-refractivity contribution in [1.82, 2.24) is 4.90 Å². The zero-order valence-electron chi connectivity index (χ0n) is 8.32. The Bertz CT molecular complexity index is 201. The second-order valence-corrected chi connectivity index (χ2v) is 3.28. The van der Waals surface area contributed by atoms with Gasteiger partial charge in [-0.15, -0.1) is 0 Å². The molecule has 0 spiro atoms. The second kappa shape index (κ2) is 5.02. The molecule has 1 saturated heterocycles. The molecule has 1 amide bonds. The molecule has 0 N–H and O–H groups in total. The van der Waals surface area contributed by atoms with Crippen LogP contribution in [0.15, 0.2) is 12.2 Å². The normalized spacial score (nSPS) is 22.9. The first-order chi connectivity index (χ1) is 6.29. The number of hydrogen-bond acceptors (Lipinski definition) is 2. The molecule has 1 unspecified atom stereocenters. The Morgan fingerprint density at radius 3 is 3.08 bits per heavy atom. The van der Waals surface area contributed by atoms with Crippen molar-refractivity contribution >= 4 is 5.91 Å². The Labute approximate surface area is 79.4 Å². The van der Waals surface area contributed by atoms with Crippen LogP contribution >= 0.6 is 0 Å². The summed E-state index contributed by atoms with van der Waals surface area (Å²) in [5.74, 6) is 0.113. The lowest BCUT2D eigenvalue weighted by atomic mass is 10.2. The summed E-state index contributed by atoms with van der Waals surface area (Å²) < 4.78 is 5.07. The maximum Gasteiger partial charge on any atom is 0.246 e. The SMILES string of the molecule is C/C=C/C(=O)N1CCCC1COC. The highest BCUT2D eigenvalue weighted by molar-refractivity contribution is 5.87. The second-order valence-electron chi connectivity index (χ2n) is 3.28. The minimum atomic E-state index is 0.113. The fourth-order valence-electron chi connectivity index (χ4n) is 1.73. The van der Waals surface area contributed by atoms with Crippen molar-refractivity contribution < 1.29 is 9.53 Å². The first kappa shape index (κ1) is 10.3. The maximum atomic E-state index is 11.5. The molecular weight excluding hydrogens is 166 g/mol. The lowest BCUT2D eigenvalue weighted by Gasteiger charge is -2.22. The number of likely N-dealkylation sites (tertiary alicyclic amines) is 1. The Morgan fingerprint density at radius 2 is 2.46 bits per heavy atom. The molecule has 13 heavy (non-hydrogen) atoms. The van der Waals surface area contributed by atoms with Crippen LogP contribution in [-0.4, -0.2) is 37.1 Å². The number of hydrogen-bond donors (Lipinski definition) is 0. The standard InChI is InChI=1S/C10H17NO2/c1-3-5-10(12)11-7-4-6-9(11)8-13-2/h3,5,9H,4,6-8H2,1-2H3/b5-3+. The van der Waals surface area contributed by atoms with E-state index in [9.17, 15) is 4.79 Å². The summed E-state index contributed by atoms with van der Waals surface area (Å²) in [6.07, 6.45) is 5.56. The molecule has 74 valence electrons. The van der Waals surface area contributed by atoms with Crippen molar-refractivity contribution in [2.75, 3.05) is 20.3 Å². The molecule has 1 fully saturated rings. The van der Waals surface area contributed by atoms with E-state index in [1.165, 1.54) is 0 Å². The fraction of sp³-hybridized carbons (Fsp3) is 0.700. The zero-order chi connectivity index (χ0) is 9.68. The number of carbonyl (C=O) groups is 1. The van der Waals surface area contributed by atoms with Crippen molar-refractivity contribution in [3.8, 4) is 0 Å². The summed E-state index contributed by atoms with van der Waals surface area (Å²) in [5, 5.41) is 0. The number of rotatable bonds is 3. The Balaban J connectivity index is 2.52. The Morgan fingerprint density at radius 1 is 1.69 bits per heavy atom. The van der Waals surface area contributed by atoms with Gasteiger partial charge in [-0.2, -0.15) is 0 Å². The molecule has 1 aliphatic rings. The van der Waals surface area contributed by atoms with Crippen LogP contribution in [0.2, 0.25) is 0 Å². The molecule has 3 nitrogen and oxygen atoms in total. The molecule has 0 bridgehead atoms. The Kier molecular flexibility index (Phi) is 3.96. The van der Waals surface area contributed by atoms with Gasteiger partial charge in [-0.25, -0.2) is 0 Å². The van der Waals surface area contributed by atoms with E-state index in [1.54, 1.807) is 19.3 Å². The number of ether oxygens (including phenoxy) is 1. The van der Waals surface area contributed by atoms with Crippen molar-refractivity contribution in [3.05, 3.63) is 12.2 Å². The van der Waals surface area contributed by atoms with E-state index < -0.39 is 0 Å². The predicted octanol–water partition coefficient (Wildman–Crippen LogP) is 1.20. The van der Waals surface area contributed by atoms with Crippen LogP contribution in [0.5, 0.6) is 0 Å². The summed E-state index contributed by atoms with van der Waals surface area (Å²) in [4.78, 5) is 13.4. The molecule has 1 atom stereocenters. The number of allylic oxidation sites excluding steroid dienone is 1. The third kappa shape index (κ3) is 2.56. The van der Waals surface area contributed by atoms with Crippen LogP contribution in [-0.2, 0) is 9.53 Å². The van der Waals surface area contributed by atoms with E-state index in [0.717, 1.165) is 19.4 Å². The first-order valence-corrected chi connectivity index (χ1v) is 4.71. The molecule has 0 aliphatic carbocycles. The number of amides is 1. The number of nitrogens with zero attached hydrogens (tertiary/aromatic N) is 1. The molecular formula is C10H17NO2.